The Bertz CT molecular complexity index is 381. The summed E-state index contributed by atoms with van der Waals surface area (Å²) < 4.78 is 0.918. The van der Waals surface area contributed by atoms with E-state index in [-0.39, 0.29) is 6.10 Å². The fourth-order valence-electron chi connectivity index (χ4n) is 2.03. The van der Waals surface area contributed by atoms with Gasteiger partial charge in [0, 0.05) is 23.2 Å². The average molecular weight is 286 g/mol. The predicted molar refractivity (Wildman–Crippen MR) is 67.6 cm³/mol. The highest BCUT2D eigenvalue weighted by Gasteiger charge is 2.21. The summed E-state index contributed by atoms with van der Waals surface area (Å²) in [6.45, 7) is 3.33. The lowest BCUT2D eigenvalue weighted by molar-refractivity contribution is 0.197. The zero-order valence-corrected chi connectivity index (χ0v) is 10.8. The Morgan fingerprint density at radius 1 is 1.50 bits per heavy atom. The van der Waals surface area contributed by atoms with Crippen LogP contribution in [0.2, 0.25) is 0 Å². The van der Waals surface area contributed by atoms with Gasteiger partial charge in [-0.05, 0) is 31.0 Å². The lowest BCUT2D eigenvalue weighted by atomic mass is 10.1. The summed E-state index contributed by atoms with van der Waals surface area (Å²) in [6, 6.07) is 5.92. The van der Waals surface area contributed by atoms with Crippen molar-refractivity contribution in [3.8, 4) is 0 Å². The first-order valence-electron chi connectivity index (χ1n) is 5.48. The summed E-state index contributed by atoms with van der Waals surface area (Å²) in [6.07, 6.45) is 0.151. The molecule has 16 heavy (non-hydrogen) atoms. The van der Waals surface area contributed by atoms with Gasteiger partial charge in [-0.15, -0.1) is 0 Å². The summed E-state index contributed by atoms with van der Waals surface area (Å²) in [5.74, 6) is 0. The van der Waals surface area contributed by atoms with E-state index in [4.69, 9.17) is 0 Å². The number of aliphatic hydroxyl groups is 2. The minimum atomic E-state index is -0.465. The normalized spacial score (nSPS) is 22.5. The third-order valence-corrected chi connectivity index (χ3v) is 3.65. The van der Waals surface area contributed by atoms with E-state index < -0.39 is 6.10 Å². The first kappa shape index (κ1) is 11.9. The van der Waals surface area contributed by atoms with Gasteiger partial charge < -0.3 is 15.1 Å². The summed E-state index contributed by atoms with van der Waals surface area (Å²) in [4.78, 5) is 2.15. The largest absolute Gasteiger partial charge is 0.391 e. The van der Waals surface area contributed by atoms with E-state index in [1.54, 1.807) is 6.92 Å². The second-order valence-electron chi connectivity index (χ2n) is 4.27. The van der Waals surface area contributed by atoms with Crippen molar-refractivity contribution in [3.05, 3.63) is 28.2 Å². The first-order chi connectivity index (χ1) is 7.58. The van der Waals surface area contributed by atoms with E-state index in [0.717, 1.165) is 28.7 Å². The van der Waals surface area contributed by atoms with Crippen LogP contribution in [0.25, 0.3) is 0 Å². The maximum absolute atomic E-state index is 9.52. The molecule has 2 N–H and O–H groups in total. The quantitative estimate of drug-likeness (QED) is 0.874. The molecule has 1 aliphatic rings. The molecule has 4 heteroatoms. The van der Waals surface area contributed by atoms with Crippen molar-refractivity contribution in [1.29, 1.82) is 0 Å². The van der Waals surface area contributed by atoms with Crippen LogP contribution >= 0.6 is 15.9 Å². The number of anilines is 1. The molecule has 1 aromatic carbocycles. The highest BCUT2D eigenvalue weighted by atomic mass is 79.9. The fraction of sp³-hybridized carbons (Fsp3) is 0.500. The maximum atomic E-state index is 9.52. The highest BCUT2D eigenvalue weighted by molar-refractivity contribution is 9.10. The lowest BCUT2D eigenvalue weighted by Crippen LogP contribution is -2.21. The van der Waals surface area contributed by atoms with E-state index in [0.29, 0.717) is 6.54 Å². The highest BCUT2D eigenvalue weighted by Crippen LogP contribution is 2.29. The molecule has 1 saturated heterocycles. The van der Waals surface area contributed by atoms with Gasteiger partial charge in [-0.3, -0.25) is 0 Å². The molecule has 2 atom stereocenters. The summed E-state index contributed by atoms with van der Waals surface area (Å²) in [5, 5.41) is 19.0. The number of β-amino-alcohol motifs (C(OH)–C–C–N with tert-alkyl or cyclic N) is 1. The molecule has 0 amide bonds. The topological polar surface area (TPSA) is 43.7 Å². The van der Waals surface area contributed by atoms with Crippen molar-refractivity contribution in [1.82, 2.24) is 0 Å². The van der Waals surface area contributed by atoms with Crippen LogP contribution in [0.3, 0.4) is 0 Å². The molecule has 0 spiro atoms. The molecule has 1 aliphatic heterocycles. The standard InChI is InChI=1S/C12H16BrNO2/c1-8(15)11-3-2-9(6-12(11)13)14-5-4-10(16)7-14/h2-3,6,8,10,15-16H,4-5,7H2,1H3/t8-,10?/m1/s1. The second kappa shape index (κ2) is 4.73. The van der Waals surface area contributed by atoms with Crippen LogP contribution in [0.1, 0.15) is 25.0 Å². The van der Waals surface area contributed by atoms with Crippen LogP contribution in [-0.4, -0.2) is 29.4 Å². The van der Waals surface area contributed by atoms with Gasteiger partial charge in [0.2, 0.25) is 0 Å². The Labute approximate surface area is 104 Å². The summed E-state index contributed by atoms with van der Waals surface area (Å²) in [5.41, 5.74) is 1.98. The molecule has 2 rings (SSSR count). The Morgan fingerprint density at radius 2 is 2.25 bits per heavy atom. The zero-order valence-electron chi connectivity index (χ0n) is 9.23. The molecule has 0 saturated carbocycles. The number of hydrogen-bond donors (Lipinski definition) is 2. The van der Waals surface area contributed by atoms with Crippen LogP contribution in [0, 0.1) is 0 Å². The molecule has 0 aliphatic carbocycles. The Balaban J connectivity index is 2.21. The van der Waals surface area contributed by atoms with Gasteiger partial charge in [0.25, 0.3) is 0 Å². The number of aliphatic hydroxyl groups excluding tert-OH is 2. The summed E-state index contributed by atoms with van der Waals surface area (Å²) in [7, 11) is 0. The molecule has 88 valence electrons. The van der Waals surface area contributed by atoms with E-state index in [1.807, 2.05) is 18.2 Å². The zero-order chi connectivity index (χ0) is 11.7. The Kier molecular flexibility index (Phi) is 3.52. The monoisotopic (exact) mass is 285 g/mol. The minimum absolute atomic E-state index is 0.213. The fourth-order valence-corrected chi connectivity index (χ4v) is 2.73. The van der Waals surface area contributed by atoms with E-state index >= 15 is 0 Å². The van der Waals surface area contributed by atoms with Crippen LogP contribution in [0.15, 0.2) is 22.7 Å². The molecular formula is C12H16BrNO2. The van der Waals surface area contributed by atoms with Crippen molar-refractivity contribution >= 4 is 21.6 Å². The molecule has 1 fully saturated rings. The van der Waals surface area contributed by atoms with E-state index in [1.165, 1.54) is 0 Å². The van der Waals surface area contributed by atoms with Gasteiger partial charge in [0.15, 0.2) is 0 Å². The molecule has 0 aromatic heterocycles. The third kappa shape index (κ3) is 2.39. The SMILES string of the molecule is C[C@@H](O)c1ccc(N2CCC(O)C2)cc1Br. The number of nitrogens with zero attached hydrogens (tertiary/aromatic N) is 1. The molecule has 0 bridgehead atoms. The third-order valence-electron chi connectivity index (χ3n) is 2.96. The van der Waals surface area contributed by atoms with Gasteiger partial charge in [0.05, 0.1) is 12.2 Å². The number of halogens is 1. The minimum Gasteiger partial charge on any atom is -0.391 e. The molecule has 1 aromatic rings. The molecule has 1 heterocycles. The second-order valence-corrected chi connectivity index (χ2v) is 5.12. The van der Waals surface area contributed by atoms with Gasteiger partial charge >= 0.3 is 0 Å². The van der Waals surface area contributed by atoms with Crippen LogP contribution in [0.5, 0.6) is 0 Å². The Morgan fingerprint density at radius 3 is 2.75 bits per heavy atom. The van der Waals surface area contributed by atoms with Crippen molar-refractivity contribution in [2.75, 3.05) is 18.0 Å². The average Bonchev–Trinajstić information content (AvgIpc) is 2.64. The lowest BCUT2D eigenvalue weighted by Gasteiger charge is -2.19. The van der Waals surface area contributed by atoms with Crippen LogP contribution in [0.4, 0.5) is 5.69 Å². The van der Waals surface area contributed by atoms with Gasteiger partial charge in [-0.25, -0.2) is 0 Å². The van der Waals surface area contributed by atoms with Gasteiger partial charge in [-0.1, -0.05) is 22.0 Å². The van der Waals surface area contributed by atoms with Crippen LogP contribution in [-0.2, 0) is 0 Å². The smallest absolute Gasteiger partial charge is 0.0772 e. The molecule has 1 unspecified atom stereocenters. The number of hydrogen-bond acceptors (Lipinski definition) is 3. The van der Waals surface area contributed by atoms with Crippen molar-refractivity contribution in [3.63, 3.8) is 0 Å². The van der Waals surface area contributed by atoms with Gasteiger partial charge in [0.1, 0.15) is 0 Å². The predicted octanol–water partition coefficient (Wildman–Crippen LogP) is 2.07. The summed E-state index contributed by atoms with van der Waals surface area (Å²) >= 11 is 3.46. The van der Waals surface area contributed by atoms with E-state index in [9.17, 15) is 10.2 Å². The van der Waals surface area contributed by atoms with Gasteiger partial charge in [-0.2, -0.15) is 0 Å². The van der Waals surface area contributed by atoms with E-state index in [2.05, 4.69) is 20.8 Å². The molecular weight excluding hydrogens is 270 g/mol. The van der Waals surface area contributed by atoms with Crippen molar-refractivity contribution < 1.29 is 10.2 Å². The maximum Gasteiger partial charge on any atom is 0.0772 e. The van der Waals surface area contributed by atoms with Crippen LogP contribution < -0.4 is 4.90 Å². The van der Waals surface area contributed by atoms with Crippen molar-refractivity contribution in [2.45, 2.75) is 25.6 Å². The molecule has 0 radical (unpaired) electrons. The Hall–Kier alpha value is -0.580. The number of rotatable bonds is 2. The first-order valence-corrected chi connectivity index (χ1v) is 6.27. The molecule has 3 nitrogen and oxygen atoms in total. The number of benzene rings is 1. The van der Waals surface area contributed by atoms with Crippen molar-refractivity contribution in [2.24, 2.45) is 0 Å².